The van der Waals surface area contributed by atoms with E-state index in [1.165, 1.54) is 0 Å². The number of nitrogens with one attached hydrogen (secondary N) is 1. The van der Waals surface area contributed by atoms with Gasteiger partial charge in [0.15, 0.2) is 0 Å². The normalized spacial score (nSPS) is 10.5. The maximum atomic E-state index is 12.3. The summed E-state index contributed by atoms with van der Waals surface area (Å²) < 4.78 is 0. The van der Waals surface area contributed by atoms with E-state index in [0.717, 1.165) is 15.8 Å². The summed E-state index contributed by atoms with van der Waals surface area (Å²) in [7, 11) is 0. The molecule has 104 valence electrons. The molecule has 1 amide bonds. The fourth-order valence-electron chi connectivity index (χ4n) is 2.11. The molecule has 2 aromatic carbocycles. The second-order valence-electron chi connectivity index (χ2n) is 4.61. The number of rotatable bonds is 3. The molecule has 0 fully saturated rings. The molecule has 0 unspecified atom stereocenters. The first kappa shape index (κ1) is 13.6. The Labute approximate surface area is 127 Å². The molecule has 4 heteroatoms. The highest BCUT2D eigenvalue weighted by Crippen LogP contribution is 2.18. The molecule has 0 aliphatic heterocycles. The van der Waals surface area contributed by atoms with E-state index in [9.17, 15) is 4.79 Å². The monoisotopic (exact) mass is 294 g/mol. The van der Waals surface area contributed by atoms with E-state index in [-0.39, 0.29) is 5.91 Å². The summed E-state index contributed by atoms with van der Waals surface area (Å²) in [4.78, 5) is 16.5. The summed E-state index contributed by atoms with van der Waals surface area (Å²) in [6.45, 7) is 0. The molecule has 0 atom stereocenters. The zero-order valence-corrected chi connectivity index (χ0v) is 12.4. The molecule has 3 rings (SSSR count). The lowest BCUT2D eigenvalue weighted by Crippen LogP contribution is -2.11. The third-order valence-corrected chi connectivity index (χ3v) is 3.87. The Morgan fingerprint density at radius 3 is 2.57 bits per heavy atom. The van der Waals surface area contributed by atoms with E-state index in [1.54, 1.807) is 18.0 Å². The number of amides is 1. The molecule has 0 radical (unpaired) electrons. The summed E-state index contributed by atoms with van der Waals surface area (Å²) in [5, 5.41) is 5.97. The highest BCUT2D eigenvalue weighted by atomic mass is 32.2. The lowest BCUT2D eigenvalue weighted by Gasteiger charge is -2.06. The van der Waals surface area contributed by atoms with E-state index in [4.69, 9.17) is 0 Å². The smallest absolute Gasteiger partial charge is 0.255 e. The van der Waals surface area contributed by atoms with Crippen LogP contribution >= 0.6 is 11.8 Å². The molecule has 0 aliphatic carbocycles. The quantitative estimate of drug-likeness (QED) is 0.736. The summed E-state index contributed by atoms with van der Waals surface area (Å²) in [6, 6.07) is 17.4. The molecule has 0 spiro atoms. The van der Waals surface area contributed by atoms with Crippen molar-refractivity contribution in [2.75, 3.05) is 11.6 Å². The van der Waals surface area contributed by atoms with Gasteiger partial charge in [-0.3, -0.25) is 4.79 Å². The largest absolute Gasteiger partial charge is 0.321 e. The van der Waals surface area contributed by atoms with Crippen molar-refractivity contribution < 1.29 is 4.79 Å². The van der Waals surface area contributed by atoms with Gasteiger partial charge >= 0.3 is 0 Å². The van der Waals surface area contributed by atoms with Gasteiger partial charge in [-0.1, -0.05) is 30.3 Å². The van der Waals surface area contributed by atoms with Gasteiger partial charge < -0.3 is 5.32 Å². The van der Waals surface area contributed by atoms with Crippen molar-refractivity contribution in [3.05, 3.63) is 66.4 Å². The van der Waals surface area contributed by atoms with Crippen LogP contribution < -0.4 is 5.32 Å². The van der Waals surface area contributed by atoms with Crippen LogP contribution in [0.4, 0.5) is 5.69 Å². The van der Waals surface area contributed by atoms with Gasteiger partial charge in [0, 0.05) is 5.56 Å². The number of nitrogens with zero attached hydrogens (tertiary/aromatic N) is 1. The number of aromatic nitrogens is 1. The Morgan fingerprint density at radius 2 is 1.86 bits per heavy atom. The number of carbonyl (C=O) groups is 1. The topological polar surface area (TPSA) is 42.0 Å². The predicted octanol–water partition coefficient (Wildman–Crippen LogP) is 4.21. The second-order valence-corrected chi connectivity index (χ2v) is 5.43. The van der Waals surface area contributed by atoms with Crippen molar-refractivity contribution >= 4 is 34.1 Å². The number of pyridine rings is 1. The van der Waals surface area contributed by atoms with Gasteiger partial charge in [-0.05, 0) is 41.3 Å². The minimum absolute atomic E-state index is 0.126. The maximum Gasteiger partial charge on any atom is 0.255 e. The van der Waals surface area contributed by atoms with Gasteiger partial charge in [0.05, 0.1) is 16.9 Å². The first-order valence-electron chi connectivity index (χ1n) is 6.56. The van der Waals surface area contributed by atoms with Gasteiger partial charge in [-0.25, -0.2) is 4.98 Å². The fourth-order valence-corrected chi connectivity index (χ4v) is 2.47. The van der Waals surface area contributed by atoms with Crippen LogP contribution in [-0.4, -0.2) is 17.1 Å². The highest BCUT2D eigenvalue weighted by Gasteiger charge is 2.07. The van der Waals surface area contributed by atoms with Crippen molar-refractivity contribution in [3.8, 4) is 0 Å². The van der Waals surface area contributed by atoms with Crippen LogP contribution in [0.5, 0.6) is 0 Å². The van der Waals surface area contributed by atoms with Crippen LogP contribution in [0, 0.1) is 0 Å². The SMILES string of the molecule is CSc1ccc(NC(=O)c2ccc3ccccc3c2)cn1. The van der Waals surface area contributed by atoms with Crippen LogP contribution in [0.3, 0.4) is 0 Å². The van der Waals surface area contributed by atoms with Crippen molar-refractivity contribution in [1.29, 1.82) is 0 Å². The lowest BCUT2D eigenvalue weighted by atomic mass is 10.1. The summed E-state index contributed by atoms with van der Waals surface area (Å²) in [6.07, 6.45) is 3.64. The molecule has 3 aromatic rings. The van der Waals surface area contributed by atoms with E-state index >= 15 is 0 Å². The minimum Gasteiger partial charge on any atom is -0.321 e. The third-order valence-electron chi connectivity index (χ3n) is 3.22. The second kappa shape index (κ2) is 5.97. The molecule has 1 heterocycles. The molecular formula is C17H14N2OS. The molecule has 1 N–H and O–H groups in total. The molecule has 0 aliphatic rings. The van der Waals surface area contributed by atoms with Gasteiger partial charge in [-0.15, -0.1) is 11.8 Å². The molecule has 21 heavy (non-hydrogen) atoms. The molecule has 0 saturated heterocycles. The number of hydrogen-bond acceptors (Lipinski definition) is 3. The third kappa shape index (κ3) is 3.06. The van der Waals surface area contributed by atoms with Gasteiger partial charge in [0.1, 0.15) is 0 Å². The van der Waals surface area contributed by atoms with Crippen LogP contribution in [0.2, 0.25) is 0 Å². The standard InChI is InChI=1S/C17H14N2OS/c1-21-16-9-8-15(11-18-16)19-17(20)14-7-6-12-4-2-3-5-13(12)10-14/h2-11H,1H3,(H,19,20). The van der Waals surface area contributed by atoms with Crippen molar-refractivity contribution in [1.82, 2.24) is 4.98 Å². The van der Waals surface area contributed by atoms with Gasteiger partial charge in [0.25, 0.3) is 5.91 Å². The Balaban J connectivity index is 1.82. The van der Waals surface area contributed by atoms with Gasteiger partial charge in [-0.2, -0.15) is 0 Å². The number of carbonyl (C=O) groups excluding carboxylic acids is 1. The zero-order valence-electron chi connectivity index (χ0n) is 11.5. The Bertz CT molecular complexity index is 784. The van der Waals surface area contributed by atoms with E-state index in [0.29, 0.717) is 11.3 Å². The number of anilines is 1. The predicted molar refractivity (Wildman–Crippen MR) is 87.9 cm³/mol. The fraction of sp³-hybridized carbons (Fsp3) is 0.0588. The number of benzene rings is 2. The minimum atomic E-state index is -0.126. The molecule has 0 saturated carbocycles. The Hall–Kier alpha value is -2.33. The highest BCUT2D eigenvalue weighted by molar-refractivity contribution is 7.98. The maximum absolute atomic E-state index is 12.3. The molecule has 3 nitrogen and oxygen atoms in total. The van der Waals surface area contributed by atoms with Crippen LogP contribution in [0.1, 0.15) is 10.4 Å². The summed E-state index contributed by atoms with van der Waals surface area (Å²) >= 11 is 1.57. The van der Waals surface area contributed by atoms with E-state index < -0.39 is 0 Å². The Kier molecular flexibility index (Phi) is 3.88. The first-order chi connectivity index (χ1) is 10.3. The zero-order chi connectivity index (χ0) is 14.7. The Morgan fingerprint density at radius 1 is 1.05 bits per heavy atom. The number of hydrogen-bond donors (Lipinski definition) is 1. The van der Waals surface area contributed by atoms with Crippen LogP contribution in [0.25, 0.3) is 10.8 Å². The lowest BCUT2D eigenvalue weighted by molar-refractivity contribution is 0.102. The molecule has 1 aromatic heterocycles. The summed E-state index contributed by atoms with van der Waals surface area (Å²) in [5.74, 6) is -0.126. The number of fused-ring (bicyclic) bond motifs is 1. The van der Waals surface area contributed by atoms with Crippen molar-refractivity contribution in [3.63, 3.8) is 0 Å². The average molecular weight is 294 g/mol. The van der Waals surface area contributed by atoms with Crippen molar-refractivity contribution in [2.24, 2.45) is 0 Å². The summed E-state index contributed by atoms with van der Waals surface area (Å²) in [5.41, 5.74) is 1.34. The molecule has 0 bridgehead atoms. The van der Waals surface area contributed by atoms with Crippen molar-refractivity contribution in [2.45, 2.75) is 5.03 Å². The van der Waals surface area contributed by atoms with Crippen LogP contribution in [-0.2, 0) is 0 Å². The van der Waals surface area contributed by atoms with Crippen LogP contribution in [0.15, 0.2) is 65.8 Å². The molecular weight excluding hydrogens is 280 g/mol. The first-order valence-corrected chi connectivity index (χ1v) is 7.79. The van der Waals surface area contributed by atoms with E-state index in [1.807, 2.05) is 60.9 Å². The van der Waals surface area contributed by atoms with Gasteiger partial charge in [0.2, 0.25) is 0 Å². The van der Waals surface area contributed by atoms with E-state index in [2.05, 4.69) is 10.3 Å². The number of thioether (sulfide) groups is 1. The average Bonchev–Trinajstić information content (AvgIpc) is 2.55.